The number of esters is 1. The van der Waals surface area contributed by atoms with E-state index in [1.807, 2.05) is 0 Å². The Morgan fingerprint density at radius 3 is 2.70 bits per heavy atom. The van der Waals surface area contributed by atoms with Crippen LogP contribution in [-0.2, 0) is 20.9 Å². The monoisotopic (exact) mass is 392 g/mol. The molecule has 0 aliphatic carbocycles. The van der Waals surface area contributed by atoms with Crippen LogP contribution in [0, 0.1) is 11.6 Å². The highest BCUT2D eigenvalue weighted by atomic mass is 32.1. The van der Waals surface area contributed by atoms with E-state index < -0.39 is 30.1 Å². The summed E-state index contributed by atoms with van der Waals surface area (Å²) in [4.78, 5) is 27.9. The molecule has 0 saturated heterocycles. The second-order valence-corrected chi connectivity index (χ2v) is 6.39. The van der Waals surface area contributed by atoms with E-state index in [0.717, 1.165) is 11.3 Å². The number of hydrogen-bond acceptors (Lipinski definition) is 5. The molecule has 2 aromatic carbocycles. The van der Waals surface area contributed by atoms with E-state index in [9.17, 15) is 18.4 Å². The summed E-state index contributed by atoms with van der Waals surface area (Å²) in [5.74, 6) is -2.33. The van der Waals surface area contributed by atoms with Crippen molar-refractivity contribution in [2.24, 2.45) is 4.99 Å². The molecule has 1 aromatic heterocycles. The fourth-order valence-corrected chi connectivity index (χ4v) is 3.39. The van der Waals surface area contributed by atoms with Crippen LogP contribution in [0.25, 0.3) is 10.2 Å². The van der Waals surface area contributed by atoms with E-state index in [1.54, 1.807) is 6.07 Å². The van der Waals surface area contributed by atoms with Crippen molar-refractivity contribution in [3.8, 4) is 5.75 Å². The quantitative estimate of drug-likeness (QED) is 0.626. The first-order valence-corrected chi connectivity index (χ1v) is 8.60. The van der Waals surface area contributed by atoms with E-state index in [4.69, 9.17) is 4.74 Å². The largest absolute Gasteiger partial charge is 0.481 e. The lowest BCUT2D eigenvalue weighted by molar-refractivity contribution is -0.141. The molecule has 3 aromatic rings. The Bertz CT molecular complexity index is 1070. The Balaban J connectivity index is 1.91. The van der Waals surface area contributed by atoms with Crippen LogP contribution in [0.4, 0.5) is 8.78 Å². The first-order chi connectivity index (χ1) is 13.0. The van der Waals surface area contributed by atoms with Crippen LogP contribution >= 0.6 is 11.3 Å². The molecule has 9 heteroatoms. The van der Waals surface area contributed by atoms with Gasteiger partial charge in [0.05, 0.1) is 17.3 Å². The first kappa shape index (κ1) is 18.7. The number of carbonyl (C=O) groups excluding carboxylic acids is 2. The molecule has 1 heterocycles. The lowest BCUT2D eigenvalue weighted by atomic mass is 10.3. The molecule has 27 heavy (non-hydrogen) atoms. The predicted octanol–water partition coefficient (Wildman–Crippen LogP) is 2.66. The van der Waals surface area contributed by atoms with Crippen molar-refractivity contribution in [1.29, 1.82) is 0 Å². The number of hydrogen-bond donors (Lipinski definition) is 0. The minimum absolute atomic E-state index is 0.0677. The minimum Gasteiger partial charge on any atom is -0.481 e. The number of benzene rings is 2. The van der Waals surface area contributed by atoms with Gasteiger partial charge < -0.3 is 14.0 Å². The maximum Gasteiger partial charge on any atom is 0.325 e. The molecule has 140 valence electrons. The molecular weight excluding hydrogens is 378 g/mol. The normalized spacial score (nSPS) is 11.6. The van der Waals surface area contributed by atoms with Gasteiger partial charge in [0.25, 0.3) is 5.91 Å². The van der Waals surface area contributed by atoms with Gasteiger partial charge >= 0.3 is 5.97 Å². The molecule has 0 aliphatic heterocycles. The van der Waals surface area contributed by atoms with Crippen molar-refractivity contribution < 1.29 is 27.8 Å². The standard InChI is InChI=1S/C18H14F2N2O4S/c1-25-17(24)9-22-13-7-6-11(19)8-15(13)27-18(22)21-16(23)10-26-14-5-3-2-4-12(14)20/h2-8H,9-10H2,1H3. The number of aromatic nitrogens is 1. The van der Waals surface area contributed by atoms with Gasteiger partial charge in [-0.25, -0.2) is 8.78 Å². The van der Waals surface area contributed by atoms with Gasteiger partial charge in [0.15, 0.2) is 23.0 Å². The van der Waals surface area contributed by atoms with Gasteiger partial charge in [-0.05, 0) is 30.3 Å². The van der Waals surface area contributed by atoms with Crippen LogP contribution in [0.15, 0.2) is 47.5 Å². The highest BCUT2D eigenvalue weighted by Crippen LogP contribution is 2.19. The fourth-order valence-electron chi connectivity index (χ4n) is 2.32. The van der Waals surface area contributed by atoms with Gasteiger partial charge in [0.1, 0.15) is 12.4 Å². The van der Waals surface area contributed by atoms with E-state index in [2.05, 4.69) is 9.73 Å². The number of ether oxygens (including phenoxy) is 2. The molecule has 0 spiro atoms. The van der Waals surface area contributed by atoms with E-state index in [0.29, 0.717) is 10.2 Å². The van der Waals surface area contributed by atoms with Gasteiger partial charge in [-0.2, -0.15) is 4.99 Å². The summed E-state index contributed by atoms with van der Waals surface area (Å²) in [6.45, 7) is -0.676. The number of carbonyl (C=O) groups is 2. The average molecular weight is 392 g/mol. The number of fused-ring (bicyclic) bond motifs is 1. The maximum atomic E-state index is 13.5. The lowest BCUT2D eigenvalue weighted by Gasteiger charge is -2.05. The molecule has 0 radical (unpaired) electrons. The maximum absolute atomic E-state index is 13.5. The molecule has 1 amide bonds. The molecule has 0 N–H and O–H groups in total. The molecule has 0 bridgehead atoms. The lowest BCUT2D eigenvalue weighted by Crippen LogP contribution is -2.23. The zero-order chi connectivity index (χ0) is 19.4. The molecule has 0 unspecified atom stereocenters. The highest BCUT2D eigenvalue weighted by Gasteiger charge is 2.13. The van der Waals surface area contributed by atoms with Gasteiger partial charge in [-0.3, -0.25) is 9.59 Å². The van der Waals surface area contributed by atoms with Crippen molar-refractivity contribution in [3.05, 3.63) is 58.9 Å². The summed E-state index contributed by atoms with van der Waals surface area (Å²) < 4.78 is 38.8. The third-order valence-corrected chi connectivity index (χ3v) is 4.61. The zero-order valence-electron chi connectivity index (χ0n) is 14.1. The summed E-state index contributed by atoms with van der Waals surface area (Å²) >= 11 is 1.04. The third-order valence-electron chi connectivity index (χ3n) is 3.57. The van der Waals surface area contributed by atoms with E-state index in [-0.39, 0.29) is 17.1 Å². The van der Waals surface area contributed by atoms with E-state index >= 15 is 0 Å². The summed E-state index contributed by atoms with van der Waals surface area (Å²) in [6.07, 6.45) is 0. The SMILES string of the molecule is COC(=O)Cn1c(=NC(=O)COc2ccccc2F)sc2cc(F)ccc21. The zero-order valence-corrected chi connectivity index (χ0v) is 15.0. The van der Waals surface area contributed by atoms with Crippen molar-refractivity contribution in [2.45, 2.75) is 6.54 Å². The summed E-state index contributed by atoms with van der Waals surface area (Å²) in [5, 5.41) is 0. The fraction of sp³-hybridized carbons (Fsp3) is 0.167. The Kier molecular flexibility index (Phi) is 5.60. The van der Waals surface area contributed by atoms with Crippen LogP contribution in [0.3, 0.4) is 0 Å². The summed E-state index contributed by atoms with van der Waals surface area (Å²) in [5.41, 5.74) is 0.536. The van der Waals surface area contributed by atoms with Gasteiger partial charge in [0, 0.05) is 0 Å². The van der Waals surface area contributed by atoms with Crippen molar-refractivity contribution in [1.82, 2.24) is 4.57 Å². The number of para-hydroxylation sites is 1. The minimum atomic E-state index is -0.677. The number of rotatable bonds is 5. The van der Waals surface area contributed by atoms with Crippen LogP contribution in [-0.4, -0.2) is 30.2 Å². The van der Waals surface area contributed by atoms with Crippen LogP contribution in [0.5, 0.6) is 5.75 Å². The van der Waals surface area contributed by atoms with Crippen LogP contribution in [0.2, 0.25) is 0 Å². The van der Waals surface area contributed by atoms with Gasteiger partial charge in [-0.1, -0.05) is 23.5 Å². The summed E-state index contributed by atoms with van der Waals surface area (Å²) in [6, 6.07) is 9.70. The van der Waals surface area contributed by atoms with Gasteiger partial charge in [-0.15, -0.1) is 0 Å². The smallest absolute Gasteiger partial charge is 0.325 e. The molecule has 0 aliphatic rings. The van der Waals surface area contributed by atoms with Crippen molar-refractivity contribution in [3.63, 3.8) is 0 Å². The molecule has 3 rings (SSSR count). The number of methoxy groups -OCH3 is 1. The number of amides is 1. The summed E-state index contributed by atoms with van der Waals surface area (Å²) in [7, 11) is 1.24. The Labute approximate surface area is 156 Å². The van der Waals surface area contributed by atoms with Gasteiger partial charge in [0.2, 0.25) is 0 Å². The first-order valence-electron chi connectivity index (χ1n) is 7.78. The molecular formula is C18H14F2N2O4S. The van der Waals surface area contributed by atoms with Crippen molar-refractivity contribution in [2.75, 3.05) is 13.7 Å². The average Bonchev–Trinajstić information content (AvgIpc) is 2.97. The highest BCUT2D eigenvalue weighted by molar-refractivity contribution is 7.16. The van der Waals surface area contributed by atoms with Crippen molar-refractivity contribution >= 4 is 33.4 Å². The molecule has 0 fully saturated rings. The molecule has 0 saturated carbocycles. The second kappa shape index (κ2) is 8.09. The van der Waals surface area contributed by atoms with Crippen LogP contribution in [0.1, 0.15) is 0 Å². The third kappa shape index (κ3) is 4.37. The Morgan fingerprint density at radius 1 is 1.19 bits per heavy atom. The Hall–Kier alpha value is -3.07. The number of nitrogens with zero attached hydrogens (tertiary/aromatic N) is 2. The number of thiazole rings is 1. The van der Waals surface area contributed by atoms with E-state index in [1.165, 1.54) is 48.1 Å². The Morgan fingerprint density at radius 2 is 1.96 bits per heavy atom. The second-order valence-electron chi connectivity index (χ2n) is 5.38. The predicted molar refractivity (Wildman–Crippen MR) is 94.3 cm³/mol. The topological polar surface area (TPSA) is 69.9 Å². The van der Waals surface area contributed by atoms with Crippen LogP contribution < -0.4 is 9.54 Å². The molecule has 6 nitrogen and oxygen atoms in total. The number of halogens is 2. The molecule has 0 atom stereocenters.